The van der Waals surface area contributed by atoms with E-state index in [4.69, 9.17) is 21.1 Å². The van der Waals surface area contributed by atoms with Gasteiger partial charge in [0.1, 0.15) is 0 Å². The Hall–Kier alpha value is -0.610. The first-order valence-corrected chi connectivity index (χ1v) is 6.19. The van der Waals surface area contributed by atoms with Crippen LogP contribution in [0.15, 0.2) is 24.3 Å². The normalized spacial score (nSPS) is 12.6. The molecular weight excluding hydrogens is 238 g/mol. The summed E-state index contributed by atoms with van der Waals surface area (Å²) in [6.07, 6.45) is 0.0793. The van der Waals surface area contributed by atoms with Crippen LogP contribution in [0.1, 0.15) is 12.5 Å². The van der Waals surface area contributed by atoms with E-state index in [9.17, 15) is 0 Å². The summed E-state index contributed by atoms with van der Waals surface area (Å²) in [6, 6.07) is 7.69. The zero-order valence-electron chi connectivity index (χ0n) is 10.4. The Morgan fingerprint density at radius 1 is 1.29 bits per heavy atom. The summed E-state index contributed by atoms with van der Waals surface area (Å²) in [7, 11) is 1.69. The van der Waals surface area contributed by atoms with Gasteiger partial charge >= 0.3 is 0 Å². The molecule has 0 fully saturated rings. The molecule has 1 aromatic carbocycles. The summed E-state index contributed by atoms with van der Waals surface area (Å²) in [4.78, 5) is 0. The summed E-state index contributed by atoms with van der Waals surface area (Å²) in [5.41, 5.74) is 1.12. The van der Waals surface area contributed by atoms with Crippen molar-refractivity contribution in [1.29, 1.82) is 0 Å². The van der Waals surface area contributed by atoms with Gasteiger partial charge in [-0.3, -0.25) is 0 Å². The molecule has 0 aromatic heterocycles. The molecule has 0 aliphatic carbocycles. The fraction of sp³-hybridized carbons (Fsp3) is 0.538. The van der Waals surface area contributed by atoms with Gasteiger partial charge in [-0.2, -0.15) is 0 Å². The lowest BCUT2D eigenvalue weighted by Gasteiger charge is -2.17. The first-order valence-electron chi connectivity index (χ1n) is 5.82. The monoisotopic (exact) mass is 257 g/mol. The van der Waals surface area contributed by atoms with Crippen molar-refractivity contribution < 1.29 is 9.47 Å². The maximum atomic E-state index is 5.82. The zero-order valence-corrected chi connectivity index (χ0v) is 11.2. The van der Waals surface area contributed by atoms with Gasteiger partial charge in [0.25, 0.3) is 0 Å². The summed E-state index contributed by atoms with van der Waals surface area (Å²) in [5, 5.41) is 4.00. The molecule has 0 aliphatic heterocycles. The molecule has 0 saturated carbocycles. The predicted octanol–water partition coefficient (Wildman–Crippen LogP) is 2.48. The lowest BCUT2D eigenvalue weighted by molar-refractivity contribution is -0.00985. The third-order valence-electron chi connectivity index (χ3n) is 2.37. The van der Waals surface area contributed by atoms with Crippen molar-refractivity contribution in [2.24, 2.45) is 0 Å². The van der Waals surface area contributed by atoms with Gasteiger partial charge in [0, 0.05) is 18.7 Å². The van der Waals surface area contributed by atoms with Crippen LogP contribution in [0.2, 0.25) is 5.02 Å². The fourth-order valence-electron chi connectivity index (χ4n) is 1.45. The molecule has 17 heavy (non-hydrogen) atoms. The summed E-state index contributed by atoms with van der Waals surface area (Å²) in [5.74, 6) is 0. The second kappa shape index (κ2) is 8.48. The number of likely N-dealkylation sites (N-methyl/N-ethyl adjacent to an activating group) is 1. The van der Waals surface area contributed by atoms with Gasteiger partial charge in [0.05, 0.1) is 19.3 Å². The molecule has 0 radical (unpaired) electrons. The molecule has 0 amide bonds. The van der Waals surface area contributed by atoms with Crippen LogP contribution >= 0.6 is 11.6 Å². The van der Waals surface area contributed by atoms with Crippen LogP contribution in [-0.2, 0) is 16.1 Å². The Morgan fingerprint density at radius 2 is 2.00 bits per heavy atom. The largest absolute Gasteiger partial charge is 0.382 e. The van der Waals surface area contributed by atoms with Crippen LogP contribution in [0, 0.1) is 0 Å². The molecule has 1 rings (SSSR count). The summed E-state index contributed by atoms with van der Waals surface area (Å²) >= 11 is 5.82. The molecule has 0 aliphatic rings. The molecule has 1 unspecified atom stereocenters. The minimum absolute atomic E-state index is 0.0793. The molecule has 0 bridgehead atoms. The van der Waals surface area contributed by atoms with E-state index in [1.807, 2.05) is 24.3 Å². The lowest BCUT2D eigenvalue weighted by Crippen LogP contribution is -2.32. The van der Waals surface area contributed by atoms with Crippen molar-refractivity contribution in [3.63, 3.8) is 0 Å². The maximum Gasteiger partial charge on any atom is 0.0936 e. The molecule has 1 N–H and O–H groups in total. The van der Waals surface area contributed by atoms with Crippen molar-refractivity contribution in [2.75, 3.05) is 26.8 Å². The third-order valence-corrected chi connectivity index (χ3v) is 2.63. The molecule has 0 heterocycles. The number of rotatable bonds is 8. The molecule has 4 heteroatoms. The van der Waals surface area contributed by atoms with E-state index < -0.39 is 0 Å². The van der Waals surface area contributed by atoms with Crippen LogP contribution in [0.4, 0.5) is 0 Å². The fourth-order valence-corrected chi connectivity index (χ4v) is 1.58. The third kappa shape index (κ3) is 6.03. The van der Waals surface area contributed by atoms with Gasteiger partial charge in [0.15, 0.2) is 0 Å². The van der Waals surface area contributed by atoms with Gasteiger partial charge in [-0.15, -0.1) is 0 Å². The van der Waals surface area contributed by atoms with E-state index in [1.54, 1.807) is 7.11 Å². The van der Waals surface area contributed by atoms with Crippen molar-refractivity contribution in [2.45, 2.75) is 19.6 Å². The topological polar surface area (TPSA) is 30.5 Å². The predicted molar refractivity (Wildman–Crippen MR) is 70.4 cm³/mol. The van der Waals surface area contributed by atoms with Crippen LogP contribution in [-0.4, -0.2) is 32.9 Å². The van der Waals surface area contributed by atoms with Crippen molar-refractivity contribution in [3.8, 4) is 0 Å². The lowest BCUT2D eigenvalue weighted by atomic mass is 10.2. The van der Waals surface area contributed by atoms with Crippen molar-refractivity contribution in [1.82, 2.24) is 5.32 Å². The first-order chi connectivity index (χ1) is 8.26. The second-order valence-corrected chi connectivity index (χ2v) is 4.26. The van der Waals surface area contributed by atoms with Gasteiger partial charge in [0.2, 0.25) is 0 Å². The van der Waals surface area contributed by atoms with Gasteiger partial charge in [-0.05, 0) is 24.2 Å². The highest BCUT2D eigenvalue weighted by atomic mass is 35.5. The van der Waals surface area contributed by atoms with E-state index in [-0.39, 0.29) is 6.10 Å². The smallest absolute Gasteiger partial charge is 0.0936 e. The number of benzene rings is 1. The SMILES string of the molecule is CCNCC(COC)OCc1ccc(Cl)cc1. The Bertz CT molecular complexity index is 303. The number of halogens is 1. The van der Waals surface area contributed by atoms with E-state index in [2.05, 4.69) is 12.2 Å². The minimum Gasteiger partial charge on any atom is -0.382 e. The van der Waals surface area contributed by atoms with Gasteiger partial charge in [-0.25, -0.2) is 0 Å². The zero-order chi connectivity index (χ0) is 12.5. The Kier molecular flexibility index (Phi) is 7.21. The van der Waals surface area contributed by atoms with Crippen molar-refractivity contribution in [3.05, 3.63) is 34.9 Å². The number of ether oxygens (including phenoxy) is 2. The van der Waals surface area contributed by atoms with E-state index in [0.29, 0.717) is 13.2 Å². The standard InChI is InChI=1S/C13H20ClNO2/c1-3-15-8-13(10-16-2)17-9-11-4-6-12(14)7-5-11/h4-7,13,15H,3,8-10H2,1-2H3. The average molecular weight is 258 g/mol. The molecular formula is C13H20ClNO2. The highest BCUT2D eigenvalue weighted by molar-refractivity contribution is 6.30. The quantitative estimate of drug-likeness (QED) is 0.776. The van der Waals surface area contributed by atoms with Gasteiger partial charge in [-0.1, -0.05) is 30.7 Å². The van der Waals surface area contributed by atoms with Crippen LogP contribution < -0.4 is 5.32 Å². The first kappa shape index (κ1) is 14.5. The van der Waals surface area contributed by atoms with Crippen LogP contribution in [0.3, 0.4) is 0 Å². The van der Waals surface area contributed by atoms with E-state index >= 15 is 0 Å². The minimum atomic E-state index is 0.0793. The highest BCUT2D eigenvalue weighted by Crippen LogP contribution is 2.11. The summed E-state index contributed by atoms with van der Waals surface area (Å²) < 4.78 is 10.9. The second-order valence-electron chi connectivity index (χ2n) is 3.82. The van der Waals surface area contributed by atoms with Crippen molar-refractivity contribution >= 4 is 11.6 Å². The number of hydrogen-bond donors (Lipinski definition) is 1. The Morgan fingerprint density at radius 3 is 2.59 bits per heavy atom. The van der Waals surface area contributed by atoms with Crippen LogP contribution in [0.25, 0.3) is 0 Å². The van der Waals surface area contributed by atoms with E-state index in [1.165, 1.54) is 0 Å². The highest BCUT2D eigenvalue weighted by Gasteiger charge is 2.08. The summed E-state index contributed by atoms with van der Waals surface area (Å²) in [6.45, 7) is 4.99. The number of hydrogen-bond acceptors (Lipinski definition) is 3. The van der Waals surface area contributed by atoms with Gasteiger partial charge < -0.3 is 14.8 Å². The maximum absolute atomic E-state index is 5.82. The average Bonchev–Trinajstić information content (AvgIpc) is 2.35. The Balaban J connectivity index is 2.37. The molecule has 1 atom stereocenters. The molecule has 0 saturated heterocycles. The number of methoxy groups -OCH3 is 1. The van der Waals surface area contributed by atoms with Crippen LogP contribution in [0.5, 0.6) is 0 Å². The molecule has 1 aromatic rings. The molecule has 0 spiro atoms. The number of nitrogens with one attached hydrogen (secondary N) is 1. The molecule has 3 nitrogen and oxygen atoms in total. The molecule has 96 valence electrons. The Labute approximate surface area is 108 Å². The van der Waals surface area contributed by atoms with E-state index in [0.717, 1.165) is 23.7 Å².